The van der Waals surface area contributed by atoms with Crippen LogP contribution >= 0.6 is 0 Å². The molecule has 0 saturated heterocycles. The largest absolute Gasteiger partial charge is 0.484 e. The van der Waals surface area contributed by atoms with Gasteiger partial charge in [-0.25, -0.2) is 0 Å². The summed E-state index contributed by atoms with van der Waals surface area (Å²) < 4.78 is 13.5. The third-order valence-electron chi connectivity index (χ3n) is 12.6. The second kappa shape index (κ2) is 13.6. The minimum Gasteiger partial charge on any atom is -0.484 e. The number of anilines is 3. The molecule has 12 rings (SSSR count). The average molecular weight is 758 g/mol. The second-order valence-corrected chi connectivity index (χ2v) is 15.9. The van der Waals surface area contributed by atoms with Gasteiger partial charge in [-0.05, 0) is 75.9 Å². The molecule has 0 N–H and O–H groups in total. The van der Waals surface area contributed by atoms with E-state index >= 15 is 0 Å². The molecule has 0 fully saturated rings. The number of hydrogen-bond donors (Lipinski definition) is 0. The van der Waals surface area contributed by atoms with Crippen LogP contribution in [0.15, 0.2) is 222 Å². The molecule has 0 radical (unpaired) electrons. The minimum absolute atomic E-state index is 0.00974. The lowest BCUT2D eigenvalue weighted by molar-refractivity contribution is 0.223. The highest BCUT2D eigenvalue weighted by atomic mass is 16.5. The Balaban J connectivity index is 1.01. The standard InChI is InChI=1S/C56H39NO2/c1-2-13-36(14-3-1)37-27-31-40(32-28-37)57(41-33-29-39(30-34-41)43-21-11-23-48-46-19-8-9-25-52(46)58-55(43)48)51-24-12-26-53-54(51)50-35-49(45-18-6-7-20-47(45)56(50)59-53)44-22-10-16-38-15-4-5-17-42(38)44/h1-35,38,42,50,56H. The predicted molar refractivity (Wildman–Crippen MR) is 242 cm³/mol. The third kappa shape index (κ3) is 5.50. The lowest BCUT2D eigenvalue weighted by Gasteiger charge is -2.34. The molecule has 4 atom stereocenters. The lowest BCUT2D eigenvalue weighted by atomic mass is 9.71. The average Bonchev–Trinajstić information content (AvgIpc) is 3.89. The van der Waals surface area contributed by atoms with Crippen LogP contribution in [0.4, 0.5) is 17.1 Å². The summed E-state index contributed by atoms with van der Waals surface area (Å²) in [6.07, 6.45) is 18.3. The van der Waals surface area contributed by atoms with Gasteiger partial charge < -0.3 is 14.1 Å². The molecule has 280 valence electrons. The minimum atomic E-state index is -0.127. The lowest BCUT2D eigenvalue weighted by Crippen LogP contribution is -2.21. The zero-order chi connectivity index (χ0) is 38.9. The Morgan fingerprint density at radius 1 is 0.492 bits per heavy atom. The molecule has 0 spiro atoms. The van der Waals surface area contributed by atoms with Gasteiger partial charge in [0.15, 0.2) is 0 Å². The van der Waals surface area contributed by atoms with E-state index in [0.29, 0.717) is 11.8 Å². The van der Waals surface area contributed by atoms with E-state index in [1.165, 1.54) is 39.0 Å². The fraction of sp³-hybridized carbons (Fsp3) is 0.0714. The van der Waals surface area contributed by atoms with Gasteiger partial charge in [0.25, 0.3) is 0 Å². The summed E-state index contributed by atoms with van der Waals surface area (Å²) in [6.45, 7) is 0. The van der Waals surface area contributed by atoms with E-state index in [1.807, 2.05) is 12.1 Å². The van der Waals surface area contributed by atoms with Gasteiger partial charge in [0.2, 0.25) is 0 Å². The van der Waals surface area contributed by atoms with Crippen LogP contribution in [0.1, 0.15) is 28.7 Å². The van der Waals surface area contributed by atoms with Gasteiger partial charge in [-0.1, -0.05) is 170 Å². The number of fused-ring (bicyclic) bond motifs is 9. The smallest absolute Gasteiger partial charge is 0.143 e. The van der Waals surface area contributed by atoms with Crippen LogP contribution in [-0.2, 0) is 0 Å². The van der Waals surface area contributed by atoms with Gasteiger partial charge in [-0.2, -0.15) is 0 Å². The molecule has 2 heterocycles. The molecule has 8 aromatic rings. The Morgan fingerprint density at radius 2 is 1.17 bits per heavy atom. The fourth-order valence-corrected chi connectivity index (χ4v) is 9.88. The molecule has 3 aliphatic carbocycles. The predicted octanol–water partition coefficient (Wildman–Crippen LogP) is 14.9. The van der Waals surface area contributed by atoms with Crippen molar-refractivity contribution in [1.29, 1.82) is 0 Å². The van der Waals surface area contributed by atoms with Crippen LogP contribution in [0.25, 0.3) is 49.8 Å². The number of ether oxygens (including phenoxy) is 1. The van der Waals surface area contributed by atoms with Crippen molar-refractivity contribution >= 4 is 44.6 Å². The van der Waals surface area contributed by atoms with Crippen molar-refractivity contribution in [2.24, 2.45) is 11.8 Å². The number of para-hydroxylation sites is 2. The van der Waals surface area contributed by atoms with Crippen molar-refractivity contribution in [3.05, 3.63) is 235 Å². The van der Waals surface area contributed by atoms with Gasteiger partial charge in [-0.15, -0.1) is 0 Å². The number of furan rings is 1. The third-order valence-corrected chi connectivity index (χ3v) is 12.6. The summed E-state index contributed by atoms with van der Waals surface area (Å²) in [5, 5.41) is 2.26. The molecule has 4 unspecified atom stereocenters. The van der Waals surface area contributed by atoms with Crippen LogP contribution in [0.2, 0.25) is 0 Å². The van der Waals surface area contributed by atoms with Crippen LogP contribution in [0.3, 0.4) is 0 Å². The van der Waals surface area contributed by atoms with Gasteiger partial charge in [-0.3, -0.25) is 0 Å². The van der Waals surface area contributed by atoms with E-state index in [2.05, 4.69) is 205 Å². The highest BCUT2D eigenvalue weighted by Gasteiger charge is 2.43. The first-order valence-electron chi connectivity index (χ1n) is 20.6. The molecule has 0 saturated carbocycles. The van der Waals surface area contributed by atoms with E-state index in [-0.39, 0.29) is 12.0 Å². The quantitative estimate of drug-likeness (QED) is 0.169. The van der Waals surface area contributed by atoms with E-state index in [9.17, 15) is 0 Å². The molecule has 1 aromatic heterocycles. The maximum absolute atomic E-state index is 7.02. The molecule has 7 aromatic carbocycles. The Bertz CT molecular complexity index is 3090. The van der Waals surface area contributed by atoms with Gasteiger partial charge in [0.05, 0.1) is 5.69 Å². The highest BCUT2D eigenvalue weighted by Crippen LogP contribution is 2.58. The summed E-state index contributed by atoms with van der Waals surface area (Å²) >= 11 is 0. The van der Waals surface area contributed by atoms with E-state index in [1.54, 1.807) is 0 Å². The number of nitrogens with zero attached hydrogens (tertiary/aromatic N) is 1. The molecular weight excluding hydrogens is 719 g/mol. The Morgan fingerprint density at radius 3 is 2.03 bits per heavy atom. The topological polar surface area (TPSA) is 25.6 Å². The molecular formula is C56H39NO2. The highest BCUT2D eigenvalue weighted by molar-refractivity contribution is 6.09. The molecule has 0 bridgehead atoms. The first-order chi connectivity index (χ1) is 29.3. The van der Waals surface area contributed by atoms with E-state index < -0.39 is 0 Å². The number of benzene rings is 7. The molecule has 3 nitrogen and oxygen atoms in total. The van der Waals surface area contributed by atoms with E-state index in [4.69, 9.17) is 9.15 Å². The zero-order valence-electron chi connectivity index (χ0n) is 32.3. The first kappa shape index (κ1) is 33.7. The van der Waals surface area contributed by atoms with Crippen molar-refractivity contribution in [3.63, 3.8) is 0 Å². The zero-order valence-corrected chi connectivity index (χ0v) is 32.3. The normalized spacial score (nSPS) is 19.7. The molecule has 3 heteroatoms. The van der Waals surface area contributed by atoms with Crippen molar-refractivity contribution < 1.29 is 9.15 Å². The molecule has 59 heavy (non-hydrogen) atoms. The summed E-state index contributed by atoms with van der Waals surface area (Å²) in [7, 11) is 0. The monoisotopic (exact) mass is 757 g/mol. The summed E-state index contributed by atoms with van der Waals surface area (Å²) in [6, 6.07) is 58.6. The Kier molecular flexibility index (Phi) is 7.80. The molecule has 1 aliphatic heterocycles. The number of rotatable bonds is 6. The van der Waals surface area contributed by atoms with Gasteiger partial charge in [0.1, 0.15) is 23.0 Å². The van der Waals surface area contributed by atoms with Gasteiger partial charge >= 0.3 is 0 Å². The Labute approximate surface area is 343 Å². The van der Waals surface area contributed by atoms with Crippen LogP contribution in [0.5, 0.6) is 5.75 Å². The summed E-state index contributed by atoms with van der Waals surface area (Å²) in [4.78, 5) is 2.41. The van der Waals surface area contributed by atoms with Crippen molar-refractivity contribution in [2.75, 3.05) is 4.90 Å². The Hall–Kier alpha value is -7.36. The van der Waals surface area contributed by atoms with Crippen molar-refractivity contribution in [1.82, 2.24) is 0 Å². The maximum atomic E-state index is 7.02. The summed E-state index contributed by atoms with van der Waals surface area (Å²) in [5.74, 6) is 1.58. The van der Waals surface area contributed by atoms with Crippen LogP contribution < -0.4 is 9.64 Å². The van der Waals surface area contributed by atoms with Crippen molar-refractivity contribution in [2.45, 2.75) is 12.0 Å². The molecule has 0 amide bonds. The van der Waals surface area contributed by atoms with Gasteiger partial charge in [0, 0.05) is 56.6 Å². The summed E-state index contributed by atoms with van der Waals surface area (Å²) in [5.41, 5.74) is 16.0. The van der Waals surface area contributed by atoms with Crippen LogP contribution in [0, 0.1) is 11.8 Å². The maximum Gasteiger partial charge on any atom is 0.143 e. The number of hydrogen-bond acceptors (Lipinski definition) is 3. The fourth-order valence-electron chi connectivity index (χ4n) is 9.88. The second-order valence-electron chi connectivity index (χ2n) is 15.9. The first-order valence-corrected chi connectivity index (χ1v) is 20.6. The molecule has 4 aliphatic rings. The van der Waals surface area contributed by atoms with Crippen molar-refractivity contribution in [3.8, 4) is 28.0 Å². The van der Waals surface area contributed by atoms with Crippen LogP contribution in [-0.4, -0.2) is 0 Å². The SMILES string of the molecule is C1=CC2C=CC=C(C3=CC4c5c(cccc5N(c5ccc(-c6ccccc6)cc5)c5ccc(-c6cccc7c6oc6ccccc67)cc5)OC4c4ccccc43)C2C=C1. The number of allylic oxidation sites excluding steroid dienone is 9. The van der Waals surface area contributed by atoms with E-state index in [0.717, 1.165) is 55.9 Å².